The van der Waals surface area contributed by atoms with E-state index in [0.717, 1.165) is 4.68 Å². The largest absolute Gasteiger partial charge is 0.463 e. The lowest BCUT2D eigenvalue weighted by molar-refractivity contribution is -0.134. The van der Waals surface area contributed by atoms with Crippen molar-refractivity contribution in [2.75, 3.05) is 18.1 Å². The SMILES string of the molecule is CC(C)CN(C(=O)Cn1nc(-c2ccco2)ccc1=O)[C@@H]1CCS(=O)(=O)C1. The molecule has 2 aromatic heterocycles. The van der Waals surface area contributed by atoms with Crippen molar-refractivity contribution in [3.63, 3.8) is 0 Å². The highest BCUT2D eigenvalue weighted by molar-refractivity contribution is 7.91. The predicted octanol–water partition coefficient (Wildman–Crippen LogP) is 1.18. The summed E-state index contributed by atoms with van der Waals surface area (Å²) in [6, 6.07) is 5.95. The third kappa shape index (κ3) is 4.65. The minimum absolute atomic E-state index is 0.0276. The Balaban J connectivity index is 1.83. The molecule has 1 aliphatic rings. The first-order chi connectivity index (χ1) is 12.7. The summed E-state index contributed by atoms with van der Waals surface area (Å²) in [5.41, 5.74) is 0.0495. The average Bonchev–Trinajstić information content (AvgIpc) is 3.24. The number of sulfone groups is 1. The third-order valence-corrected chi connectivity index (χ3v) is 6.21. The molecule has 1 atom stereocenters. The average molecular weight is 393 g/mol. The van der Waals surface area contributed by atoms with Crippen LogP contribution >= 0.6 is 0 Å². The van der Waals surface area contributed by atoms with Gasteiger partial charge in [-0.2, -0.15) is 5.10 Å². The Hall–Kier alpha value is -2.42. The molecule has 0 aliphatic carbocycles. The summed E-state index contributed by atoms with van der Waals surface area (Å²) in [4.78, 5) is 26.6. The standard InChI is InChI=1S/C18H23N3O5S/c1-13(2)10-20(14-7-9-27(24,25)12-14)18(23)11-21-17(22)6-5-15(19-21)16-4-3-8-26-16/h3-6,8,13-14H,7,9-12H2,1-2H3/t14-/m1/s1. The highest BCUT2D eigenvalue weighted by atomic mass is 32.2. The lowest BCUT2D eigenvalue weighted by Crippen LogP contribution is -2.46. The first kappa shape index (κ1) is 19.3. The molecule has 9 heteroatoms. The van der Waals surface area contributed by atoms with E-state index in [1.165, 1.54) is 18.4 Å². The zero-order chi connectivity index (χ0) is 19.6. The molecular weight excluding hydrogens is 370 g/mol. The van der Waals surface area contributed by atoms with Gasteiger partial charge in [0.25, 0.3) is 5.56 Å². The van der Waals surface area contributed by atoms with Gasteiger partial charge < -0.3 is 9.32 Å². The van der Waals surface area contributed by atoms with Gasteiger partial charge in [-0.05, 0) is 30.5 Å². The summed E-state index contributed by atoms with van der Waals surface area (Å²) in [6.45, 7) is 4.12. The summed E-state index contributed by atoms with van der Waals surface area (Å²) in [5.74, 6) is 0.428. The highest BCUT2D eigenvalue weighted by Crippen LogP contribution is 2.20. The normalized spacial score (nSPS) is 18.7. The van der Waals surface area contributed by atoms with Crippen LogP contribution in [0.4, 0.5) is 0 Å². The molecule has 0 unspecified atom stereocenters. The van der Waals surface area contributed by atoms with Gasteiger partial charge in [0.15, 0.2) is 15.6 Å². The molecule has 1 fully saturated rings. The Labute approximate surface area is 157 Å². The van der Waals surface area contributed by atoms with Crippen molar-refractivity contribution in [1.82, 2.24) is 14.7 Å². The van der Waals surface area contributed by atoms with Crippen LogP contribution < -0.4 is 5.56 Å². The molecule has 1 amide bonds. The number of amides is 1. The van der Waals surface area contributed by atoms with E-state index in [9.17, 15) is 18.0 Å². The number of rotatable bonds is 6. The molecule has 27 heavy (non-hydrogen) atoms. The summed E-state index contributed by atoms with van der Waals surface area (Å²) >= 11 is 0. The molecule has 8 nitrogen and oxygen atoms in total. The fraction of sp³-hybridized carbons (Fsp3) is 0.500. The van der Waals surface area contributed by atoms with Gasteiger partial charge in [-0.25, -0.2) is 13.1 Å². The first-order valence-electron chi connectivity index (χ1n) is 8.87. The van der Waals surface area contributed by atoms with Crippen LogP contribution in [0.3, 0.4) is 0 Å². The van der Waals surface area contributed by atoms with Gasteiger partial charge in [0.2, 0.25) is 5.91 Å². The maximum Gasteiger partial charge on any atom is 0.267 e. The molecule has 146 valence electrons. The van der Waals surface area contributed by atoms with Crippen LogP contribution in [-0.4, -0.2) is 53.1 Å². The van der Waals surface area contributed by atoms with E-state index < -0.39 is 15.4 Å². The van der Waals surface area contributed by atoms with Gasteiger partial charge in [-0.15, -0.1) is 0 Å². The number of aromatic nitrogens is 2. The second kappa shape index (κ2) is 7.67. The van der Waals surface area contributed by atoms with Crippen molar-refractivity contribution in [1.29, 1.82) is 0 Å². The predicted molar refractivity (Wildman–Crippen MR) is 99.8 cm³/mol. The van der Waals surface area contributed by atoms with Gasteiger partial charge in [0, 0.05) is 18.7 Å². The minimum Gasteiger partial charge on any atom is -0.463 e. The van der Waals surface area contributed by atoms with E-state index in [4.69, 9.17) is 4.42 Å². The van der Waals surface area contributed by atoms with Gasteiger partial charge in [0.1, 0.15) is 12.2 Å². The van der Waals surface area contributed by atoms with Gasteiger partial charge in [-0.3, -0.25) is 9.59 Å². The van der Waals surface area contributed by atoms with Gasteiger partial charge in [0.05, 0.1) is 17.8 Å². The maximum absolute atomic E-state index is 12.9. The van der Waals surface area contributed by atoms with Crippen LogP contribution in [0.2, 0.25) is 0 Å². The zero-order valence-electron chi connectivity index (χ0n) is 15.4. The Kier molecular flexibility index (Phi) is 5.50. The molecule has 3 rings (SSSR count). The van der Waals surface area contributed by atoms with E-state index in [1.807, 2.05) is 13.8 Å². The molecule has 0 radical (unpaired) electrons. The molecule has 0 spiro atoms. The van der Waals surface area contributed by atoms with Crippen LogP contribution in [0.15, 0.2) is 39.7 Å². The summed E-state index contributed by atoms with van der Waals surface area (Å²) in [7, 11) is -3.12. The Morgan fingerprint density at radius 2 is 2.15 bits per heavy atom. The smallest absolute Gasteiger partial charge is 0.267 e. The summed E-state index contributed by atoms with van der Waals surface area (Å²) in [5, 5.41) is 4.22. The van der Waals surface area contributed by atoms with Gasteiger partial charge in [-0.1, -0.05) is 13.8 Å². The van der Waals surface area contributed by atoms with Crippen molar-refractivity contribution >= 4 is 15.7 Å². The van der Waals surface area contributed by atoms with Crippen LogP contribution in [-0.2, 0) is 21.2 Å². The number of nitrogens with zero attached hydrogens (tertiary/aromatic N) is 3. The van der Waals surface area contributed by atoms with E-state index in [0.29, 0.717) is 24.4 Å². The summed E-state index contributed by atoms with van der Waals surface area (Å²) < 4.78 is 30.0. The zero-order valence-corrected chi connectivity index (χ0v) is 16.2. The fourth-order valence-corrected chi connectivity index (χ4v) is 4.94. The molecule has 0 aromatic carbocycles. The Morgan fingerprint density at radius 3 is 2.74 bits per heavy atom. The van der Waals surface area contributed by atoms with Crippen molar-refractivity contribution in [3.05, 3.63) is 40.9 Å². The topological polar surface area (TPSA) is 102 Å². The second-order valence-electron chi connectivity index (χ2n) is 7.19. The lowest BCUT2D eigenvalue weighted by atomic mass is 10.1. The van der Waals surface area contributed by atoms with E-state index in [1.54, 1.807) is 17.0 Å². The first-order valence-corrected chi connectivity index (χ1v) is 10.7. The molecule has 2 aromatic rings. The summed E-state index contributed by atoms with van der Waals surface area (Å²) in [6.07, 6.45) is 1.93. The monoisotopic (exact) mass is 393 g/mol. The van der Waals surface area contributed by atoms with Crippen LogP contribution in [0.1, 0.15) is 20.3 Å². The van der Waals surface area contributed by atoms with Crippen LogP contribution in [0, 0.1) is 5.92 Å². The van der Waals surface area contributed by atoms with Crippen molar-refractivity contribution in [3.8, 4) is 11.5 Å². The molecule has 1 aliphatic heterocycles. The van der Waals surface area contributed by atoms with Crippen LogP contribution in [0.5, 0.6) is 0 Å². The number of carbonyl (C=O) groups excluding carboxylic acids is 1. The molecule has 1 saturated heterocycles. The van der Waals surface area contributed by atoms with E-state index in [-0.39, 0.29) is 35.9 Å². The maximum atomic E-state index is 12.9. The minimum atomic E-state index is -3.12. The number of hydrogen-bond acceptors (Lipinski definition) is 6. The highest BCUT2D eigenvalue weighted by Gasteiger charge is 2.35. The van der Waals surface area contributed by atoms with E-state index >= 15 is 0 Å². The van der Waals surface area contributed by atoms with Crippen molar-refractivity contribution in [2.24, 2.45) is 5.92 Å². The molecule has 3 heterocycles. The number of carbonyl (C=O) groups is 1. The fourth-order valence-electron chi connectivity index (χ4n) is 3.21. The van der Waals surface area contributed by atoms with Crippen LogP contribution in [0.25, 0.3) is 11.5 Å². The van der Waals surface area contributed by atoms with Crippen molar-refractivity contribution in [2.45, 2.75) is 32.9 Å². The Morgan fingerprint density at radius 1 is 1.37 bits per heavy atom. The quantitative estimate of drug-likeness (QED) is 0.730. The van der Waals surface area contributed by atoms with Crippen molar-refractivity contribution < 1.29 is 17.6 Å². The number of hydrogen-bond donors (Lipinski definition) is 0. The Bertz CT molecular complexity index is 963. The lowest BCUT2D eigenvalue weighted by Gasteiger charge is -2.30. The third-order valence-electron chi connectivity index (χ3n) is 4.46. The van der Waals surface area contributed by atoms with E-state index in [2.05, 4.69) is 5.10 Å². The second-order valence-corrected chi connectivity index (χ2v) is 9.42. The molecule has 0 bridgehead atoms. The molecule has 0 N–H and O–H groups in total. The molecular formula is C18H23N3O5S. The number of furan rings is 1. The van der Waals surface area contributed by atoms with Gasteiger partial charge >= 0.3 is 0 Å². The molecule has 0 saturated carbocycles.